The van der Waals surface area contributed by atoms with Gasteiger partial charge in [0.05, 0.1) is 4.88 Å². The lowest BCUT2D eigenvalue weighted by molar-refractivity contribution is 0.0648. The molecule has 3 rings (SSSR count). The van der Waals surface area contributed by atoms with Gasteiger partial charge in [-0.25, -0.2) is 9.67 Å². The highest BCUT2D eigenvalue weighted by atomic mass is 32.1. The summed E-state index contributed by atoms with van der Waals surface area (Å²) in [5.41, 5.74) is 0. The lowest BCUT2D eigenvalue weighted by Crippen LogP contribution is -2.18. The van der Waals surface area contributed by atoms with E-state index in [-0.39, 0.29) is 0 Å². The largest absolute Gasteiger partial charge is 0.372 e. The van der Waals surface area contributed by atoms with E-state index in [9.17, 15) is 5.11 Å². The summed E-state index contributed by atoms with van der Waals surface area (Å²) < 4.78 is 1.65. The van der Waals surface area contributed by atoms with E-state index >= 15 is 0 Å². The number of aryl methyl sites for hydroxylation is 1. The van der Waals surface area contributed by atoms with Crippen LogP contribution in [-0.4, -0.2) is 19.9 Å². The molecule has 4 nitrogen and oxygen atoms in total. The Morgan fingerprint density at radius 2 is 2.47 bits per heavy atom. The molecule has 1 atom stereocenters. The molecular weight excluding hydrogens is 210 g/mol. The Morgan fingerprint density at radius 1 is 1.53 bits per heavy atom. The summed E-state index contributed by atoms with van der Waals surface area (Å²) in [5.74, 6) is 1.64. The van der Waals surface area contributed by atoms with Crippen molar-refractivity contribution < 1.29 is 5.11 Å². The van der Waals surface area contributed by atoms with Gasteiger partial charge >= 0.3 is 0 Å². The first-order valence-electron chi connectivity index (χ1n) is 5.02. The number of thiophene rings is 1. The topological polar surface area (TPSA) is 50.9 Å². The zero-order chi connectivity index (χ0) is 10.3. The molecule has 5 heteroatoms. The molecular formula is C10H11N3OS. The van der Waals surface area contributed by atoms with Crippen molar-refractivity contribution in [3.05, 3.63) is 23.3 Å². The average molecular weight is 221 g/mol. The first kappa shape index (κ1) is 9.06. The maximum atomic E-state index is 9.74. The predicted molar refractivity (Wildman–Crippen MR) is 57.5 cm³/mol. The Bertz CT molecular complexity index is 463. The summed E-state index contributed by atoms with van der Waals surface area (Å²) >= 11 is 1.62. The van der Waals surface area contributed by atoms with Crippen LogP contribution in [0.2, 0.25) is 0 Å². The third-order valence-corrected chi connectivity index (χ3v) is 3.45. The van der Waals surface area contributed by atoms with Crippen LogP contribution >= 0.6 is 11.3 Å². The highest BCUT2D eigenvalue weighted by Crippen LogP contribution is 2.26. The monoisotopic (exact) mass is 221 g/mol. The van der Waals surface area contributed by atoms with E-state index in [4.69, 9.17) is 0 Å². The number of hydrogen-bond acceptors (Lipinski definition) is 4. The fraction of sp³-hybridized carbons (Fsp3) is 0.400. The normalized spacial score (nSPS) is 20.2. The van der Waals surface area contributed by atoms with Gasteiger partial charge in [-0.05, 0) is 24.3 Å². The summed E-state index contributed by atoms with van der Waals surface area (Å²) in [6, 6.07) is 3.98. The van der Waals surface area contributed by atoms with E-state index in [2.05, 4.69) is 10.1 Å². The zero-order valence-electron chi connectivity index (χ0n) is 8.13. The van der Waals surface area contributed by atoms with Crippen molar-refractivity contribution in [3.63, 3.8) is 0 Å². The standard InChI is InChI=1S/C10H11N3OS/c14-9-5-1-4-8-11-10(12-13(8)9)7-3-2-6-15-7/h2-3,6,9,14H,1,4-5H2. The van der Waals surface area contributed by atoms with Crippen LogP contribution < -0.4 is 0 Å². The molecule has 1 N–H and O–H groups in total. The number of rotatable bonds is 1. The maximum Gasteiger partial charge on any atom is 0.191 e. The minimum atomic E-state index is -0.491. The fourth-order valence-corrected chi connectivity index (χ4v) is 2.49. The van der Waals surface area contributed by atoms with Crippen LogP contribution in [0.3, 0.4) is 0 Å². The van der Waals surface area contributed by atoms with Gasteiger partial charge in [-0.15, -0.1) is 16.4 Å². The summed E-state index contributed by atoms with van der Waals surface area (Å²) in [4.78, 5) is 5.51. The average Bonchev–Trinajstić information content (AvgIpc) is 2.86. The Hall–Kier alpha value is -1.20. The summed E-state index contributed by atoms with van der Waals surface area (Å²) in [5, 5.41) is 16.1. The third-order valence-electron chi connectivity index (χ3n) is 2.59. The molecule has 15 heavy (non-hydrogen) atoms. The van der Waals surface area contributed by atoms with Crippen molar-refractivity contribution >= 4 is 11.3 Å². The molecule has 78 valence electrons. The third kappa shape index (κ3) is 1.48. The molecule has 1 unspecified atom stereocenters. The molecule has 0 fully saturated rings. The van der Waals surface area contributed by atoms with Gasteiger partial charge < -0.3 is 5.11 Å². The highest BCUT2D eigenvalue weighted by Gasteiger charge is 2.21. The van der Waals surface area contributed by atoms with Gasteiger partial charge in [0, 0.05) is 6.42 Å². The van der Waals surface area contributed by atoms with Crippen molar-refractivity contribution in [3.8, 4) is 10.7 Å². The number of aromatic nitrogens is 3. The Kier molecular flexibility index (Phi) is 2.07. The highest BCUT2D eigenvalue weighted by molar-refractivity contribution is 7.13. The van der Waals surface area contributed by atoms with Crippen LogP contribution in [0, 0.1) is 0 Å². The van der Waals surface area contributed by atoms with Crippen molar-refractivity contribution in [2.45, 2.75) is 25.5 Å². The molecule has 1 aliphatic heterocycles. The molecule has 0 spiro atoms. The number of nitrogens with zero attached hydrogens (tertiary/aromatic N) is 3. The van der Waals surface area contributed by atoms with Gasteiger partial charge in [0.1, 0.15) is 12.1 Å². The van der Waals surface area contributed by atoms with Crippen LogP contribution in [0.25, 0.3) is 10.7 Å². The predicted octanol–water partition coefficient (Wildman–Crippen LogP) is 1.83. The van der Waals surface area contributed by atoms with Crippen molar-refractivity contribution in [2.75, 3.05) is 0 Å². The summed E-state index contributed by atoms with van der Waals surface area (Å²) in [7, 11) is 0. The van der Waals surface area contributed by atoms with Gasteiger partial charge in [0.2, 0.25) is 0 Å². The molecule has 2 aromatic heterocycles. The molecule has 0 saturated carbocycles. The van der Waals surface area contributed by atoms with E-state index in [0.717, 1.165) is 35.8 Å². The van der Waals surface area contributed by atoms with Crippen LogP contribution in [-0.2, 0) is 6.42 Å². The van der Waals surface area contributed by atoms with Gasteiger partial charge in [-0.3, -0.25) is 0 Å². The molecule has 0 saturated heterocycles. The molecule has 0 aliphatic carbocycles. The molecule has 0 bridgehead atoms. The van der Waals surface area contributed by atoms with E-state index in [1.165, 1.54) is 0 Å². The van der Waals surface area contributed by atoms with Crippen molar-refractivity contribution in [2.24, 2.45) is 0 Å². The Balaban J connectivity index is 2.06. The lowest BCUT2D eigenvalue weighted by atomic mass is 10.1. The zero-order valence-corrected chi connectivity index (χ0v) is 8.94. The Labute approximate surface area is 91.2 Å². The van der Waals surface area contributed by atoms with E-state index in [1.54, 1.807) is 16.0 Å². The van der Waals surface area contributed by atoms with Gasteiger partial charge in [-0.1, -0.05) is 6.07 Å². The Morgan fingerprint density at radius 3 is 3.20 bits per heavy atom. The summed E-state index contributed by atoms with van der Waals surface area (Å²) in [6.45, 7) is 0. The first-order valence-corrected chi connectivity index (χ1v) is 5.90. The second-order valence-electron chi connectivity index (χ2n) is 3.65. The number of aliphatic hydroxyl groups excluding tert-OH is 1. The van der Waals surface area contributed by atoms with Gasteiger partial charge in [0.25, 0.3) is 0 Å². The fourth-order valence-electron chi connectivity index (χ4n) is 1.84. The van der Waals surface area contributed by atoms with Crippen LogP contribution in [0.5, 0.6) is 0 Å². The second-order valence-corrected chi connectivity index (χ2v) is 4.59. The molecule has 3 heterocycles. The SMILES string of the molecule is OC1CCCc2nc(-c3cccs3)nn21. The van der Waals surface area contributed by atoms with E-state index in [1.807, 2.05) is 17.5 Å². The molecule has 0 aromatic carbocycles. The van der Waals surface area contributed by atoms with E-state index in [0.29, 0.717) is 0 Å². The van der Waals surface area contributed by atoms with Gasteiger partial charge in [0.15, 0.2) is 5.82 Å². The minimum Gasteiger partial charge on any atom is -0.372 e. The number of hydrogen-bond donors (Lipinski definition) is 1. The van der Waals surface area contributed by atoms with Gasteiger partial charge in [-0.2, -0.15) is 0 Å². The first-order chi connectivity index (χ1) is 7.34. The smallest absolute Gasteiger partial charge is 0.191 e. The summed E-state index contributed by atoms with van der Waals surface area (Å²) in [6.07, 6.45) is 2.19. The van der Waals surface area contributed by atoms with Crippen LogP contribution in [0.4, 0.5) is 0 Å². The maximum absolute atomic E-state index is 9.74. The van der Waals surface area contributed by atoms with E-state index < -0.39 is 6.23 Å². The number of fused-ring (bicyclic) bond motifs is 1. The number of aliphatic hydroxyl groups is 1. The minimum absolute atomic E-state index is 0.491. The molecule has 2 aromatic rings. The lowest BCUT2D eigenvalue weighted by Gasteiger charge is -2.17. The van der Waals surface area contributed by atoms with Crippen LogP contribution in [0.1, 0.15) is 24.9 Å². The van der Waals surface area contributed by atoms with Crippen LogP contribution in [0.15, 0.2) is 17.5 Å². The second kappa shape index (κ2) is 3.43. The van der Waals surface area contributed by atoms with Crippen molar-refractivity contribution in [1.82, 2.24) is 14.8 Å². The molecule has 0 amide bonds. The quantitative estimate of drug-likeness (QED) is 0.799. The van der Waals surface area contributed by atoms with Crippen molar-refractivity contribution in [1.29, 1.82) is 0 Å². The molecule has 1 aliphatic rings. The molecule has 0 radical (unpaired) electrons.